The Bertz CT molecular complexity index is 287. The predicted molar refractivity (Wildman–Crippen MR) is 66.0 cm³/mol. The SMILES string of the molecule is COc1ccc(CCO[Si](C)(C)C)cc1. The summed E-state index contributed by atoms with van der Waals surface area (Å²) in [6, 6.07) is 8.16. The van der Waals surface area contributed by atoms with Gasteiger partial charge in [0.1, 0.15) is 5.75 Å². The molecule has 15 heavy (non-hydrogen) atoms. The Balaban J connectivity index is 2.38. The molecule has 0 aliphatic rings. The quantitative estimate of drug-likeness (QED) is 0.716. The highest BCUT2D eigenvalue weighted by Crippen LogP contribution is 2.12. The Hall–Kier alpha value is -0.803. The van der Waals surface area contributed by atoms with Crippen molar-refractivity contribution in [3.05, 3.63) is 29.8 Å². The highest BCUT2D eigenvalue weighted by Gasteiger charge is 2.13. The fraction of sp³-hybridized carbons (Fsp3) is 0.500. The van der Waals surface area contributed by atoms with Gasteiger partial charge in [0.25, 0.3) is 0 Å². The molecule has 0 aromatic heterocycles. The van der Waals surface area contributed by atoms with E-state index in [-0.39, 0.29) is 0 Å². The van der Waals surface area contributed by atoms with Crippen LogP contribution in [0.2, 0.25) is 19.6 Å². The van der Waals surface area contributed by atoms with Gasteiger partial charge in [-0.05, 0) is 43.8 Å². The van der Waals surface area contributed by atoms with Crippen molar-refractivity contribution in [2.45, 2.75) is 26.1 Å². The number of benzene rings is 1. The molecule has 0 unspecified atom stereocenters. The lowest BCUT2D eigenvalue weighted by atomic mass is 10.1. The molecule has 0 heterocycles. The van der Waals surface area contributed by atoms with Crippen molar-refractivity contribution < 1.29 is 9.16 Å². The Morgan fingerprint density at radius 1 is 1.07 bits per heavy atom. The van der Waals surface area contributed by atoms with Crippen LogP contribution in [0.3, 0.4) is 0 Å². The van der Waals surface area contributed by atoms with Crippen molar-refractivity contribution in [3.8, 4) is 5.75 Å². The van der Waals surface area contributed by atoms with Gasteiger partial charge in [-0.2, -0.15) is 0 Å². The molecule has 1 rings (SSSR count). The summed E-state index contributed by atoms with van der Waals surface area (Å²) in [6.45, 7) is 7.45. The highest BCUT2D eigenvalue weighted by molar-refractivity contribution is 6.69. The topological polar surface area (TPSA) is 18.5 Å². The summed E-state index contributed by atoms with van der Waals surface area (Å²) in [6.07, 6.45) is 0.980. The smallest absolute Gasteiger partial charge is 0.183 e. The third-order valence-electron chi connectivity index (χ3n) is 2.08. The van der Waals surface area contributed by atoms with Gasteiger partial charge in [0.2, 0.25) is 0 Å². The summed E-state index contributed by atoms with van der Waals surface area (Å²) in [7, 11) is 0.330. The molecule has 0 aliphatic heterocycles. The average molecular weight is 224 g/mol. The standard InChI is InChI=1S/C12H20O2Si/c1-13-12-7-5-11(6-8-12)9-10-14-15(2,3)4/h5-8H,9-10H2,1-4H3. The zero-order valence-corrected chi connectivity index (χ0v) is 11.0. The van der Waals surface area contributed by atoms with Gasteiger partial charge in [-0.15, -0.1) is 0 Å². The maximum absolute atomic E-state index is 5.80. The summed E-state index contributed by atoms with van der Waals surface area (Å²) in [4.78, 5) is 0. The predicted octanol–water partition coefficient (Wildman–Crippen LogP) is 3.09. The van der Waals surface area contributed by atoms with Crippen LogP contribution in [0, 0.1) is 0 Å². The van der Waals surface area contributed by atoms with E-state index in [1.165, 1.54) is 5.56 Å². The fourth-order valence-corrected chi connectivity index (χ4v) is 1.98. The van der Waals surface area contributed by atoms with E-state index < -0.39 is 8.32 Å². The van der Waals surface area contributed by atoms with E-state index in [1.54, 1.807) is 7.11 Å². The van der Waals surface area contributed by atoms with E-state index in [2.05, 4.69) is 31.8 Å². The number of hydrogen-bond donors (Lipinski definition) is 0. The zero-order valence-electron chi connectivity index (χ0n) is 10.0. The van der Waals surface area contributed by atoms with Crippen molar-refractivity contribution in [2.75, 3.05) is 13.7 Å². The third-order valence-corrected chi connectivity index (χ3v) is 3.16. The molecule has 0 saturated heterocycles. The molecule has 0 bridgehead atoms. The lowest BCUT2D eigenvalue weighted by Gasteiger charge is -2.16. The van der Waals surface area contributed by atoms with Crippen LogP contribution in [0.4, 0.5) is 0 Å². The first-order valence-electron chi connectivity index (χ1n) is 5.28. The lowest BCUT2D eigenvalue weighted by Crippen LogP contribution is -2.26. The first kappa shape index (κ1) is 12.3. The van der Waals surface area contributed by atoms with Gasteiger partial charge in [0.05, 0.1) is 7.11 Å². The monoisotopic (exact) mass is 224 g/mol. The first-order valence-corrected chi connectivity index (χ1v) is 8.69. The van der Waals surface area contributed by atoms with E-state index in [0.29, 0.717) is 0 Å². The van der Waals surface area contributed by atoms with E-state index >= 15 is 0 Å². The minimum Gasteiger partial charge on any atom is -0.497 e. The Morgan fingerprint density at radius 3 is 2.13 bits per heavy atom. The van der Waals surface area contributed by atoms with Crippen LogP contribution in [0.15, 0.2) is 24.3 Å². The lowest BCUT2D eigenvalue weighted by molar-refractivity contribution is 0.316. The molecule has 3 heteroatoms. The van der Waals surface area contributed by atoms with Gasteiger partial charge >= 0.3 is 0 Å². The van der Waals surface area contributed by atoms with Crippen LogP contribution < -0.4 is 4.74 Å². The molecule has 0 atom stereocenters. The van der Waals surface area contributed by atoms with Crippen LogP contribution in [0.1, 0.15) is 5.56 Å². The molecule has 1 aromatic rings. The van der Waals surface area contributed by atoms with Crippen LogP contribution in [0.25, 0.3) is 0 Å². The van der Waals surface area contributed by atoms with E-state index in [9.17, 15) is 0 Å². The molecule has 0 fully saturated rings. The van der Waals surface area contributed by atoms with Crippen LogP contribution in [0.5, 0.6) is 5.75 Å². The van der Waals surface area contributed by atoms with Gasteiger partial charge in [-0.25, -0.2) is 0 Å². The van der Waals surface area contributed by atoms with Crippen molar-refractivity contribution in [1.29, 1.82) is 0 Å². The number of hydrogen-bond acceptors (Lipinski definition) is 2. The highest BCUT2D eigenvalue weighted by atomic mass is 28.4. The Kier molecular flexibility index (Phi) is 4.36. The average Bonchev–Trinajstić information content (AvgIpc) is 2.17. The van der Waals surface area contributed by atoms with Crippen molar-refractivity contribution in [1.82, 2.24) is 0 Å². The zero-order chi connectivity index (χ0) is 11.3. The number of ether oxygens (including phenoxy) is 1. The molecule has 0 amide bonds. The van der Waals surface area contributed by atoms with Crippen LogP contribution in [-0.2, 0) is 10.8 Å². The molecule has 0 spiro atoms. The van der Waals surface area contributed by atoms with Crippen LogP contribution >= 0.6 is 0 Å². The maximum Gasteiger partial charge on any atom is 0.183 e. The molecule has 0 radical (unpaired) electrons. The Morgan fingerprint density at radius 2 is 1.67 bits per heavy atom. The van der Waals surface area contributed by atoms with Crippen molar-refractivity contribution in [3.63, 3.8) is 0 Å². The summed E-state index contributed by atoms with van der Waals surface area (Å²) in [5.74, 6) is 0.907. The minimum absolute atomic E-state index is 0.821. The molecule has 0 aliphatic carbocycles. The van der Waals surface area contributed by atoms with Crippen molar-refractivity contribution >= 4 is 8.32 Å². The molecule has 0 saturated carbocycles. The third kappa shape index (κ3) is 5.00. The summed E-state index contributed by atoms with van der Waals surface area (Å²) in [5.41, 5.74) is 1.30. The second-order valence-corrected chi connectivity index (χ2v) is 9.07. The molecule has 1 aromatic carbocycles. The van der Waals surface area contributed by atoms with Crippen molar-refractivity contribution in [2.24, 2.45) is 0 Å². The van der Waals surface area contributed by atoms with Gasteiger partial charge in [-0.3, -0.25) is 0 Å². The van der Waals surface area contributed by atoms with E-state index in [0.717, 1.165) is 18.8 Å². The van der Waals surface area contributed by atoms with Gasteiger partial charge in [-0.1, -0.05) is 12.1 Å². The molecule has 2 nitrogen and oxygen atoms in total. The second-order valence-electron chi connectivity index (χ2n) is 4.56. The van der Waals surface area contributed by atoms with Gasteiger partial charge in [0, 0.05) is 6.61 Å². The second kappa shape index (κ2) is 5.33. The number of rotatable bonds is 5. The molecular formula is C12H20O2Si. The van der Waals surface area contributed by atoms with E-state index in [4.69, 9.17) is 9.16 Å². The minimum atomic E-state index is -1.35. The fourth-order valence-electron chi connectivity index (χ4n) is 1.27. The van der Waals surface area contributed by atoms with Crippen LogP contribution in [-0.4, -0.2) is 22.0 Å². The van der Waals surface area contributed by atoms with Gasteiger partial charge < -0.3 is 9.16 Å². The summed E-state index contributed by atoms with van der Waals surface area (Å²) >= 11 is 0. The summed E-state index contributed by atoms with van der Waals surface area (Å²) < 4.78 is 10.9. The summed E-state index contributed by atoms with van der Waals surface area (Å²) in [5, 5.41) is 0. The maximum atomic E-state index is 5.80. The first-order chi connectivity index (χ1) is 7.01. The largest absolute Gasteiger partial charge is 0.497 e. The van der Waals surface area contributed by atoms with Gasteiger partial charge in [0.15, 0.2) is 8.32 Å². The molecule has 0 N–H and O–H groups in total. The Labute approximate surface area is 93.4 Å². The van der Waals surface area contributed by atoms with E-state index in [1.807, 2.05) is 12.1 Å². The number of methoxy groups -OCH3 is 1. The normalized spacial score (nSPS) is 11.5. The molecule has 84 valence electrons. The molecular weight excluding hydrogens is 204 g/mol.